The van der Waals surface area contributed by atoms with Gasteiger partial charge >= 0.3 is 0 Å². The van der Waals surface area contributed by atoms with E-state index in [1.807, 2.05) is 64.1 Å². The highest BCUT2D eigenvalue weighted by Gasteiger charge is 2.14. The second-order valence-electron chi connectivity index (χ2n) is 8.44. The van der Waals surface area contributed by atoms with Crippen LogP contribution in [0.5, 0.6) is 11.5 Å². The van der Waals surface area contributed by atoms with Crippen molar-refractivity contribution in [3.63, 3.8) is 0 Å². The fourth-order valence-corrected chi connectivity index (χ4v) is 3.48. The Morgan fingerprint density at radius 1 is 0.917 bits per heavy atom. The van der Waals surface area contributed by atoms with Crippen molar-refractivity contribution in [3.8, 4) is 17.6 Å². The lowest BCUT2D eigenvalue weighted by atomic mass is 10.1. The lowest BCUT2D eigenvalue weighted by Gasteiger charge is -2.13. The number of benzene rings is 3. The van der Waals surface area contributed by atoms with Gasteiger partial charge in [-0.1, -0.05) is 30.3 Å². The van der Waals surface area contributed by atoms with Crippen molar-refractivity contribution in [2.75, 3.05) is 24.4 Å². The topological polar surface area (TPSA) is 100 Å². The summed E-state index contributed by atoms with van der Waals surface area (Å²) in [5.74, 6) is -0.0715. The minimum atomic E-state index is -0.506. The molecule has 7 nitrogen and oxygen atoms in total. The second-order valence-corrected chi connectivity index (χ2v) is 8.44. The summed E-state index contributed by atoms with van der Waals surface area (Å²) in [5, 5.41) is 15.2. The highest BCUT2D eigenvalue weighted by molar-refractivity contribution is 6.10. The molecule has 0 unspecified atom stereocenters. The standard InChI is InChI=1S/C29H29N3O4/c1-18-9-10-20(3)25(13-18)31-28(33)17-36-26-12-11-22(15-27(26)35-5)14-23(16-30)29(34)32-24-8-6-7-19(2)21(24)4/h6-15H,17H2,1-5H3,(H,31,33)(H,32,34)/b23-14-. The van der Waals surface area contributed by atoms with Gasteiger partial charge in [-0.25, -0.2) is 0 Å². The molecule has 3 aromatic carbocycles. The molecule has 0 aliphatic carbocycles. The first-order valence-corrected chi connectivity index (χ1v) is 11.4. The summed E-state index contributed by atoms with van der Waals surface area (Å²) < 4.78 is 11.1. The van der Waals surface area contributed by atoms with Gasteiger partial charge in [0.25, 0.3) is 11.8 Å². The molecule has 0 atom stereocenters. The van der Waals surface area contributed by atoms with Crippen LogP contribution in [0.4, 0.5) is 11.4 Å². The number of aryl methyl sites for hydroxylation is 3. The van der Waals surface area contributed by atoms with Gasteiger partial charge in [0.2, 0.25) is 0 Å². The number of nitrogens with one attached hydrogen (secondary N) is 2. The van der Waals surface area contributed by atoms with Crippen molar-refractivity contribution >= 4 is 29.3 Å². The molecule has 3 rings (SSSR count). The first kappa shape index (κ1) is 26.0. The van der Waals surface area contributed by atoms with E-state index in [1.165, 1.54) is 13.2 Å². The molecule has 7 heteroatoms. The third kappa shape index (κ3) is 6.51. The Morgan fingerprint density at radius 3 is 2.42 bits per heavy atom. The molecular weight excluding hydrogens is 454 g/mol. The molecule has 0 heterocycles. The van der Waals surface area contributed by atoms with E-state index in [1.54, 1.807) is 24.3 Å². The zero-order valence-corrected chi connectivity index (χ0v) is 21.1. The number of nitrogens with zero attached hydrogens (tertiary/aromatic N) is 1. The van der Waals surface area contributed by atoms with E-state index >= 15 is 0 Å². The molecule has 2 N–H and O–H groups in total. The predicted octanol–water partition coefficient (Wildman–Crippen LogP) is 5.49. The number of methoxy groups -OCH3 is 1. The van der Waals surface area contributed by atoms with Crippen molar-refractivity contribution in [2.45, 2.75) is 27.7 Å². The van der Waals surface area contributed by atoms with Crippen LogP contribution in [0, 0.1) is 39.0 Å². The monoisotopic (exact) mass is 483 g/mol. The largest absolute Gasteiger partial charge is 0.493 e. The summed E-state index contributed by atoms with van der Waals surface area (Å²) in [5.41, 5.74) is 5.89. The van der Waals surface area contributed by atoms with Gasteiger partial charge in [0, 0.05) is 11.4 Å². The normalized spacial score (nSPS) is 10.8. The van der Waals surface area contributed by atoms with Crippen molar-refractivity contribution < 1.29 is 19.1 Å². The van der Waals surface area contributed by atoms with Crippen LogP contribution in [-0.4, -0.2) is 25.5 Å². The Bertz CT molecular complexity index is 1370. The van der Waals surface area contributed by atoms with Crippen LogP contribution in [-0.2, 0) is 9.59 Å². The van der Waals surface area contributed by atoms with Crippen LogP contribution in [0.2, 0.25) is 0 Å². The van der Waals surface area contributed by atoms with Crippen LogP contribution in [0.1, 0.15) is 27.8 Å². The number of carbonyl (C=O) groups excluding carboxylic acids is 2. The fourth-order valence-electron chi connectivity index (χ4n) is 3.48. The van der Waals surface area contributed by atoms with E-state index in [2.05, 4.69) is 10.6 Å². The molecule has 2 amide bonds. The number of hydrogen-bond donors (Lipinski definition) is 2. The smallest absolute Gasteiger partial charge is 0.266 e. The molecular formula is C29H29N3O4. The quantitative estimate of drug-likeness (QED) is 0.326. The van der Waals surface area contributed by atoms with Gasteiger partial charge in [0.05, 0.1) is 7.11 Å². The van der Waals surface area contributed by atoms with Crippen LogP contribution in [0.3, 0.4) is 0 Å². The van der Waals surface area contributed by atoms with E-state index in [0.717, 1.165) is 27.9 Å². The van der Waals surface area contributed by atoms with Gasteiger partial charge in [0.1, 0.15) is 11.6 Å². The van der Waals surface area contributed by atoms with Gasteiger partial charge in [-0.05, 0) is 85.9 Å². The number of amides is 2. The Hall–Kier alpha value is -4.57. The average molecular weight is 484 g/mol. The van der Waals surface area contributed by atoms with Crippen molar-refractivity contribution in [1.82, 2.24) is 0 Å². The van der Waals surface area contributed by atoms with Gasteiger partial charge in [-0.15, -0.1) is 0 Å². The summed E-state index contributed by atoms with van der Waals surface area (Å²) >= 11 is 0. The van der Waals surface area contributed by atoms with Gasteiger partial charge in [-0.3, -0.25) is 9.59 Å². The summed E-state index contributed by atoms with van der Waals surface area (Å²) in [7, 11) is 1.48. The molecule has 3 aromatic rings. The second kappa shape index (κ2) is 11.7. The van der Waals surface area contributed by atoms with Crippen molar-refractivity contribution in [1.29, 1.82) is 5.26 Å². The minimum absolute atomic E-state index is 0.0560. The maximum absolute atomic E-state index is 12.7. The fraction of sp³-hybridized carbons (Fsp3) is 0.207. The van der Waals surface area contributed by atoms with E-state index in [-0.39, 0.29) is 18.1 Å². The number of carbonyl (C=O) groups is 2. The van der Waals surface area contributed by atoms with Gasteiger partial charge in [-0.2, -0.15) is 5.26 Å². The van der Waals surface area contributed by atoms with E-state index in [0.29, 0.717) is 22.7 Å². The maximum Gasteiger partial charge on any atom is 0.266 e. The number of hydrogen-bond acceptors (Lipinski definition) is 5. The molecule has 0 saturated heterocycles. The Labute approximate surface area is 211 Å². The van der Waals surface area contributed by atoms with Crippen LogP contribution in [0.25, 0.3) is 6.08 Å². The average Bonchev–Trinajstić information content (AvgIpc) is 2.86. The molecule has 0 bridgehead atoms. The van der Waals surface area contributed by atoms with E-state index in [4.69, 9.17) is 9.47 Å². The molecule has 0 spiro atoms. The Balaban J connectivity index is 1.71. The Kier molecular flexibility index (Phi) is 8.48. The van der Waals surface area contributed by atoms with E-state index in [9.17, 15) is 14.9 Å². The molecule has 0 fully saturated rings. The molecule has 0 aliphatic heterocycles. The summed E-state index contributed by atoms with van der Waals surface area (Å²) in [6.07, 6.45) is 1.47. The third-order valence-electron chi connectivity index (χ3n) is 5.74. The van der Waals surface area contributed by atoms with Crippen LogP contribution >= 0.6 is 0 Å². The zero-order valence-electron chi connectivity index (χ0n) is 21.1. The molecule has 0 saturated carbocycles. The number of nitriles is 1. The first-order valence-electron chi connectivity index (χ1n) is 11.4. The predicted molar refractivity (Wildman–Crippen MR) is 141 cm³/mol. The maximum atomic E-state index is 12.7. The van der Waals surface area contributed by atoms with Crippen LogP contribution in [0.15, 0.2) is 60.2 Å². The SMILES string of the molecule is COc1cc(/C=C(/C#N)C(=O)Nc2cccc(C)c2C)ccc1OCC(=O)Nc1cc(C)ccc1C. The summed E-state index contributed by atoms with van der Waals surface area (Å²) in [4.78, 5) is 25.1. The number of ether oxygens (including phenoxy) is 2. The Morgan fingerprint density at radius 2 is 1.69 bits per heavy atom. The molecule has 36 heavy (non-hydrogen) atoms. The molecule has 0 radical (unpaired) electrons. The molecule has 184 valence electrons. The van der Waals surface area contributed by atoms with Gasteiger partial charge < -0.3 is 20.1 Å². The summed E-state index contributed by atoms with van der Waals surface area (Å²) in [6.45, 7) is 7.53. The highest BCUT2D eigenvalue weighted by atomic mass is 16.5. The number of rotatable bonds is 8. The van der Waals surface area contributed by atoms with E-state index < -0.39 is 5.91 Å². The van der Waals surface area contributed by atoms with Crippen molar-refractivity contribution in [2.24, 2.45) is 0 Å². The van der Waals surface area contributed by atoms with Gasteiger partial charge in [0.15, 0.2) is 18.1 Å². The lowest BCUT2D eigenvalue weighted by molar-refractivity contribution is -0.118. The molecule has 0 aliphatic rings. The minimum Gasteiger partial charge on any atom is -0.493 e. The van der Waals surface area contributed by atoms with Crippen molar-refractivity contribution in [3.05, 3.63) is 88.0 Å². The lowest BCUT2D eigenvalue weighted by Crippen LogP contribution is -2.20. The summed E-state index contributed by atoms with van der Waals surface area (Å²) in [6, 6.07) is 18.3. The van der Waals surface area contributed by atoms with Crippen LogP contribution < -0.4 is 20.1 Å². The zero-order chi connectivity index (χ0) is 26.2. The molecule has 0 aromatic heterocycles. The highest BCUT2D eigenvalue weighted by Crippen LogP contribution is 2.29. The number of anilines is 2. The third-order valence-corrected chi connectivity index (χ3v) is 5.74. The first-order chi connectivity index (χ1) is 17.2.